The largest absolute Gasteiger partial charge is 0.497 e. The summed E-state index contributed by atoms with van der Waals surface area (Å²) in [5, 5.41) is 0. The van der Waals surface area contributed by atoms with Crippen molar-refractivity contribution in [3.05, 3.63) is 24.3 Å². The van der Waals surface area contributed by atoms with E-state index in [1.54, 1.807) is 7.11 Å². The van der Waals surface area contributed by atoms with E-state index in [2.05, 4.69) is 21.9 Å². The van der Waals surface area contributed by atoms with Crippen molar-refractivity contribution in [1.82, 2.24) is 4.90 Å². The molecule has 1 fully saturated rings. The van der Waals surface area contributed by atoms with Crippen molar-refractivity contribution in [3.8, 4) is 5.75 Å². The van der Waals surface area contributed by atoms with Gasteiger partial charge in [0.2, 0.25) is 0 Å². The molecule has 1 aliphatic heterocycles. The lowest BCUT2D eigenvalue weighted by molar-refractivity contribution is 0.111. The number of piperazine rings is 1. The summed E-state index contributed by atoms with van der Waals surface area (Å²) < 4.78 is 10.6. The van der Waals surface area contributed by atoms with Crippen LogP contribution in [0.5, 0.6) is 5.75 Å². The summed E-state index contributed by atoms with van der Waals surface area (Å²) in [7, 11) is 1.70. The molecule has 0 atom stereocenters. The predicted molar refractivity (Wildman–Crippen MR) is 78.1 cm³/mol. The number of rotatable bonds is 6. The van der Waals surface area contributed by atoms with Crippen LogP contribution in [0.25, 0.3) is 0 Å². The van der Waals surface area contributed by atoms with E-state index < -0.39 is 0 Å². The molecule has 1 aliphatic rings. The average Bonchev–Trinajstić information content (AvgIpc) is 2.48. The minimum absolute atomic E-state index is 0.811. The number of nitrogens with zero attached hydrogens (tertiary/aromatic N) is 2. The SMILES string of the molecule is CCOCCN1CCN(c2ccc(OC)cc2)CC1. The van der Waals surface area contributed by atoms with Crippen molar-refractivity contribution in [3.63, 3.8) is 0 Å². The van der Waals surface area contributed by atoms with Crippen LogP contribution < -0.4 is 9.64 Å². The molecular weight excluding hydrogens is 240 g/mol. The summed E-state index contributed by atoms with van der Waals surface area (Å²) in [6, 6.07) is 8.32. The van der Waals surface area contributed by atoms with Crippen LogP contribution in [0.4, 0.5) is 5.69 Å². The molecule has 106 valence electrons. The fourth-order valence-electron chi connectivity index (χ4n) is 2.36. The minimum atomic E-state index is 0.811. The standard InChI is InChI=1S/C15H24N2O2/c1-3-19-13-12-16-8-10-17(11-9-16)14-4-6-15(18-2)7-5-14/h4-7H,3,8-13H2,1-2H3. The Morgan fingerprint density at radius 3 is 2.32 bits per heavy atom. The van der Waals surface area contributed by atoms with E-state index in [0.29, 0.717) is 0 Å². The molecule has 4 nitrogen and oxygen atoms in total. The van der Waals surface area contributed by atoms with E-state index in [4.69, 9.17) is 9.47 Å². The molecule has 1 saturated heterocycles. The molecule has 0 bridgehead atoms. The minimum Gasteiger partial charge on any atom is -0.497 e. The third kappa shape index (κ3) is 4.11. The second-order valence-corrected chi connectivity index (χ2v) is 4.72. The van der Waals surface area contributed by atoms with E-state index in [0.717, 1.165) is 51.7 Å². The molecule has 1 heterocycles. The third-order valence-corrected chi connectivity index (χ3v) is 3.57. The number of ether oxygens (including phenoxy) is 2. The van der Waals surface area contributed by atoms with Crippen molar-refractivity contribution >= 4 is 5.69 Å². The number of methoxy groups -OCH3 is 1. The van der Waals surface area contributed by atoms with Crippen molar-refractivity contribution < 1.29 is 9.47 Å². The first-order valence-corrected chi connectivity index (χ1v) is 7.02. The summed E-state index contributed by atoms with van der Waals surface area (Å²) in [6.45, 7) is 9.13. The van der Waals surface area contributed by atoms with Crippen LogP contribution >= 0.6 is 0 Å². The Kier molecular flexibility index (Phi) is 5.48. The first kappa shape index (κ1) is 14.2. The van der Waals surface area contributed by atoms with Gasteiger partial charge in [0.25, 0.3) is 0 Å². The van der Waals surface area contributed by atoms with Gasteiger partial charge in [-0.25, -0.2) is 0 Å². The van der Waals surface area contributed by atoms with Gasteiger partial charge in [0.05, 0.1) is 13.7 Å². The number of anilines is 1. The average molecular weight is 264 g/mol. The summed E-state index contributed by atoms with van der Waals surface area (Å²) in [4.78, 5) is 4.90. The second kappa shape index (κ2) is 7.36. The molecule has 2 rings (SSSR count). The normalized spacial score (nSPS) is 16.6. The molecule has 0 aromatic heterocycles. The maximum atomic E-state index is 5.40. The predicted octanol–water partition coefficient (Wildman–Crippen LogP) is 1.85. The van der Waals surface area contributed by atoms with Crippen LogP contribution in [0.2, 0.25) is 0 Å². The maximum absolute atomic E-state index is 5.40. The molecule has 19 heavy (non-hydrogen) atoms. The lowest BCUT2D eigenvalue weighted by Gasteiger charge is -2.36. The zero-order valence-electron chi connectivity index (χ0n) is 12.0. The molecular formula is C15H24N2O2. The molecule has 0 spiro atoms. The maximum Gasteiger partial charge on any atom is 0.119 e. The number of hydrogen-bond acceptors (Lipinski definition) is 4. The van der Waals surface area contributed by atoms with Gasteiger partial charge < -0.3 is 14.4 Å². The first-order valence-electron chi connectivity index (χ1n) is 7.02. The zero-order chi connectivity index (χ0) is 13.5. The van der Waals surface area contributed by atoms with E-state index in [-0.39, 0.29) is 0 Å². The van der Waals surface area contributed by atoms with Crippen LogP contribution in [0, 0.1) is 0 Å². The van der Waals surface area contributed by atoms with Crippen LogP contribution in [0.15, 0.2) is 24.3 Å². The van der Waals surface area contributed by atoms with E-state index in [9.17, 15) is 0 Å². The molecule has 1 aromatic carbocycles. The van der Waals surface area contributed by atoms with Gasteiger partial charge in [0.1, 0.15) is 5.75 Å². The molecule has 1 aromatic rings. The van der Waals surface area contributed by atoms with Gasteiger partial charge in [-0.3, -0.25) is 4.90 Å². The van der Waals surface area contributed by atoms with Crippen molar-refractivity contribution in [2.45, 2.75) is 6.92 Å². The summed E-state index contributed by atoms with van der Waals surface area (Å²) in [5.74, 6) is 0.916. The monoisotopic (exact) mass is 264 g/mol. The van der Waals surface area contributed by atoms with Gasteiger partial charge >= 0.3 is 0 Å². The number of hydrogen-bond donors (Lipinski definition) is 0. The first-order chi connectivity index (χ1) is 9.33. The van der Waals surface area contributed by atoms with E-state index in [1.807, 2.05) is 19.1 Å². The highest BCUT2D eigenvalue weighted by atomic mass is 16.5. The summed E-state index contributed by atoms with van der Waals surface area (Å²) >= 11 is 0. The van der Waals surface area contributed by atoms with Crippen LogP contribution in [0.1, 0.15) is 6.92 Å². The molecule has 0 aliphatic carbocycles. The lowest BCUT2D eigenvalue weighted by Crippen LogP contribution is -2.47. The lowest BCUT2D eigenvalue weighted by atomic mass is 10.2. The van der Waals surface area contributed by atoms with Crippen molar-refractivity contribution in [1.29, 1.82) is 0 Å². The Labute approximate surface area is 115 Å². The Morgan fingerprint density at radius 1 is 1.05 bits per heavy atom. The summed E-state index contributed by atoms with van der Waals surface area (Å²) in [5.41, 5.74) is 1.28. The Balaban J connectivity index is 1.78. The molecule has 0 saturated carbocycles. The Bertz CT molecular complexity index is 359. The smallest absolute Gasteiger partial charge is 0.119 e. The second-order valence-electron chi connectivity index (χ2n) is 4.72. The van der Waals surface area contributed by atoms with Gasteiger partial charge in [0, 0.05) is 45.0 Å². The molecule has 0 radical (unpaired) electrons. The van der Waals surface area contributed by atoms with Gasteiger partial charge in [-0.2, -0.15) is 0 Å². The van der Waals surface area contributed by atoms with E-state index in [1.165, 1.54) is 5.69 Å². The highest BCUT2D eigenvalue weighted by Gasteiger charge is 2.16. The fraction of sp³-hybridized carbons (Fsp3) is 0.600. The summed E-state index contributed by atoms with van der Waals surface area (Å²) in [6.07, 6.45) is 0. The zero-order valence-corrected chi connectivity index (χ0v) is 12.0. The topological polar surface area (TPSA) is 24.9 Å². The highest BCUT2D eigenvalue weighted by Crippen LogP contribution is 2.20. The third-order valence-electron chi connectivity index (χ3n) is 3.57. The van der Waals surface area contributed by atoms with Gasteiger partial charge in [0.15, 0.2) is 0 Å². The van der Waals surface area contributed by atoms with Gasteiger partial charge in [-0.05, 0) is 31.2 Å². The fourth-order valence-corrected chi connectivity index (χ4v) is 2.36. The van der Waals surface area contributed by atoms with Crippen molar-refractivity contribution in [2.24, 2.45) is 0 Å². The van der Waals surface area contributed by atoms with Gasteiger partial charge in [-0.15, -0.1) is 0 Å². The van der Waals surface area contributed by atoms with Gasteiger partial charge in [-0.1, -0.05) is 0 Å². The molecule has 0 amide bonds. The molecule has 0 unspecified atom stereocenters. The van der Waals surface area contributed by atoms with Crippen LogP contribution in [0.3, 0.4) is 0 Å². The van der Waals surface area contributed by atoms with Crippen LogP contribution in [-0.2, 0) is 4.74 Å². The van der Waals surface area contributed by atoms with E-state index >= 15 is 0 Å². The van der Waals surface area contributed by atoms with Crippen LogP contribution in [-0.4, -0.2) is 57.9 Å². The Morgan fingerprint density at radius 2 is 1.74 bits per heavy atom. The number of benzene rings is 1. The quantitative estimate of drug-likeness (QED) is 0.732. The van der Waals surface area contributed by atoms with Crippen molar-refractivity contribution in [2.75, 3.05) is 57.9 Å². The molecule has 4 heteroatoms. The Hall–Kier alpha value is -1.26. The highest BCUT2D eigenvalue weighted by molar-refractivity contribution is 5.49. The molecule has 0 N–H and O–H groups in total.